The highest BCUT2D eigenvalue weighted by atomic mass is 16.5. The molecule has 0 bridgehead atoms. The van der Waals surface area contributed by atoms with Crippen LogP contribution in [0.25, 0.3) is 0 Å². The molecule has 1 fully saturated rings. The van der Waals surface area contributed by atoms with Gasteiger partial charge in [-0.1, -0.05) is 12.8 Å². The second kappa shape index (κ2) is 6.21. The van der Waals surface area contributed by atoms with Gasteiger partial charge in [0.25, 0.3) is 0 Å². The summed E-state index contributed by atoms with van der Waals surface area (Å²) in [5.74, 6) is 0.263. The van der Waals surface area contributed by atoms with Crippen LogP contribution in [-0.2, 0) is 14.3 Å². The van der Waals surface area contributed by atoms with E-state index in [0.717, 1.165) is 0 Å². The average molecular weight is 229 g/mol. The summed E-state index contributed by atoms with van der Waals surface area (Å²) >= 11 is 0. The number of ether oxygens (including phenoxy) is 2. The Balaban J connectivity index is 2.21. The van der Waals surface area contributed by atoms with Gasteiger partial charge < -0.3 is 15.2 Å². The topological polar surface area (TPSA) is 61.5 Å². The highest BCUT2D eigenvalue weighted by Gasteiger charge is 2.30. The van der Waals surface area contributed by atoms with E-state index < -0.39 is 5.54 Å². The predicted octanol–water partition coefficient (Wildman–Crippen LogP) is 1.47. The molecule has 4 nitrogen and oxygen atoms in total. The Morgan fingerprint density at radius 3 is 2.62 bits per heavy atom. The molecule has 0 aromatic carbocycles. The largest absolute Gasteiger partial charge is 0.465 e. The molecule has 0 aromatic heterocycles. The van der Waals surface area contributed by atoms with Crippen LogP contribution < -0.4 is 5.73 Å². The van der Waals surface area contributed by atoms with Crippen LogP contribution in [0, 0.1) is 5.92 Å². The van der Waals surface area contributed by atoms with E-state index in [1.54, 1.807) is 13.8 Å². The fourth-order valence-corrected chi connectivity index (χ4v) is 1.97. The summed E-state index contributed by atoms with van der Waals surface area (Å²) < 4.78 is 10.4. The third-order valence-corrected chi connectivity index (χ3v) is 2.97. The maximum absolute atomic E-state index is 11.5. The summed E-state index contributed by atoms with van der Waals surface area (Å²) in [7, 11) is 0. The zero-order chi connectivity index (χ0) is 12.0. The molecule has 16 heavy (non-hydrogen) atoms. The fraction of sp³-hybridized carbons (Fsp3) is 0.917. The van der Waals surface area contributed by atoms with E-state index in [2.05, 4.69) is 0 Å². The molecule has 0 amide bonds. The number of hydrogen-bond donors (Lipinski definition) is 1. The Morgan fingerprint density at radius 2 is 2.06 bits per heavy atom. The molecule has 0 radical (unpaired) electrons. The van der Waals surface area contributed by atoms with Crippen LogP contribution in [0.1, 0.15) is 39.5 Å². The fourth-order valence-electron chi connectivity index (χ4n) is 1.97. The van der Waals surface area contributed by atoms with Crippen molar-refractivity contribution in [2.45, 2.75) is 45.1 Å². The molecule has 94 valence electrons. The number of hydrogen-bond acceptors (Lipinski definition) is 4. The summed E-state index contributed by atoms with van der Waals surface area (Å²) in [6.07, 6.45) is 5.07. The summed E-state index contributed by atoms with van der Waals surface area (Å²) in [4.78, 5) is 11.5. The van der Waals surface area contributed by atoms with Crippen molar-refractivity contribution in [3.8, 4) is 0 Å². The predicted molar refractivity (Wildman–Crippen MR) is 62.0 cm³/mol. The molecule has 4 heteroatoms. The van der Waals surface area contributed by atoms with Gasteiger partial charge in [-0.25, -0.2) is 4.79 Å². The minimum atomic E-state index is -1.02. The van der Waals surface area contributed by atoms with Crippen LogP contribution >= 0.6 is 0 Å². The van der Waals surface area contributed by atoms with Gasteiger partial charge >= 0.3 is 5.97 Å². The van der Waals surface area contributed by atoms with Gasteiger partial charge in [0.15, 0.2) is 0 Å². The Labute approximate surface area is 97.5 Å². The molecule has 0 aliphatic heterocycles. The van der Waals surface area contributed by atoms with Gasteiger partial charge in [0.05, 0.1) is 13.2 Å². The van der Waals surface area contributed by atoms with Crippen LogP contribution in [0.15, 0.2) is 0 Å². The molecule has 0 aromatic rings. The molecule has 1 aliphatic carbocycles. The van der Waals surface area contributed by atoms with Gasteiger partial charge in [0.2, 0.25) is 0 Å². The van der Waals surface area contributed by atoms with Crippen LogP contribution in [0.2, 0.25) is 0 Å². The Kier molecular flexibility index (Phi) is 5.22. The first-order chi connectivity index (χ1) is 7.56. The lowest BCUT2D eigenvalue weighted by molar-refractivity contribution is -0.151. The lowest BCUT2D eigenvalue weighted by Crippen LogP contribution is -2.50. The van der Waals surface area contributed by atoms with Crippen LogP contribution in [-0.4, -0.2) is 31.3 Å². The van der Waals surface area contributed by atoms with Gasteiger partial charge in [0.1, 0.15) is 5.54 Å². The lowest BCUT2D eigenvalue weighted by Gasteiger charge is -2.22. The zero-order valence-electron chi connectivity index (χ0n) is 10.3. The molecule has 1 rings (SSSR count). The number of rotatable bonds is 6. The van der Waals surface area contributed by atoms with E-state index in [9.17, 15) is 4.79 Å². The van der Waals surface area contributed by atoms with Crippen molar-refractivity contribution >= 4 is 5.97 Å². The third kappa shape index (κ3) is 4.10. The van der Waals surface area contributed by atoms with Gasteiger partial charge in [-0.05, 0) is 32.6 Å². The lowest BCUT2D eigenvalue weighted by atomic mass is 10.1. The first kappa shape index (κ1) is 13.5. The van der Waals surface area contributed by atoms with Crippen molar-refractivity contribution < 1.29 is 14.3 Å². The second-order valence-electron chi connectivity index (χ2n) is 4.80. The molecule has 2 N–H and O–H groups in total. The van der Waals surface area contributed by atoms with Crippen molar-refractivity contribution in [3.05, 3.63) is 0 Å². The minimum absolute atomic E-state index is 0.238. The van der Waals surface area contributed by atoms with E-state index in [4.69, 9.17) is 15.2 Å². The molecule has 0 heterocycles. The van der Waals surface area contributed by atoms with Crippen molar-refractivity contribution in [3.63, 3.8) is 0 Å². The first-order valence-corrected chi connectivity index (χ1v) is 6.10. The van der Waals surface area contributed by atoms with E-state index in [0.29, 0.717) is 19.1 Å². The maximum Gasteiger partial charge on any atom is 0.328 e. The third-order valence-electron chi connectivity index (χ3n) is 2.97. The van der Waals surface area contributed by atoms with Crippen LogP contribution in [0.5, 0.6) is 0 Å². The highest BCUT2D eigenvalue weighted by Crippen LogP contribution is 2.24. The summed E-state index contributed by atoms with van der Waals surface area (Å²) in [5, 5.41) is 0. The van der Waals surface area contributed by atoms with E-state index >= 15 is 0 Å². The normalized spacial score (nSPS) is 20.7. The summed E-state index contributed by atoms with van der Waals surface area (Å²) in [6.45, 7) is 4.73. The number of carbonyl (C=O) groups is 1. The molecule has 1 atom stereocenters. The van der Waals surface area contributed by atoms with Gasteiger partial charge in [-0.2, -0.15) is 0 Å². The molecule has 0 spiro atoms. The Morgan fingerprint density at radius 1 is 1.44 bits per heavy atom. The molecule has 1 aliphatic rings. The van der Waals surface area contributed by atoms with Crippen LogP contribution in [0.4, 0.5) is 0 Å². The van der Waals surface area contributed by atoms with Crippen molar-refractivity contribution in [2.75, 3.05) is 19.8 Å². The molecular formula is C12H23NO3. The number of esters is 1. The second-order valence-corrected chi connectivity index (χ2v) is 4.80. The first-order valence-electron chi connectivity index (χ1n) is 6.10. The Hall–Kier alpha value is -0.610. The molecular weight excluding hydrogens is 206 g/mol. The summed E-state index contributed by atoms with van der Waals surface area (Å²) in [6, 6.07) is 0. The van der Waals surface area contributed by atoms with Gasteiger partial charge in [0, 0.05) is 6.61 Å². The van der Waals surface area contributed by atoms with Gasteiger partial charge in [-0.15, -0.1) is 0 Å². The van der Waals surface area contributed by atoms with Crippen LogP contribution in [0.3, 0.4) is 0 Å². The maximum atomic E-state index is 11.5. The average Bonchev–Trinajstić information content (AvgIpc) is 2.70. The SMILES string of the molecule is CCOC(=O)C(C)(N)COCC1CCCC1. The quantitative estimate of drug-likeness (QED) is 0.701. The number of carbonyl (C=O) groups excluding carboxylic acids is 1. The van der Waals surface area contributed by atoms with Gasteiger partial charge in [-0.3, -0.25) is 0 Å². The molecule has 1 unspecified atom stereocenters. The van der Waals surface area contributed by atoms with Crippen molar-refractivity contribution in [2.24, 2.45) is 11.7 Å². The number of nitrogens with two attached hydrogens (primary N) is 1. The van der Waals surface area contributed by atoms with Crippen molar-refractivity contribution in [1.82, 2.24) is 0 Å². The highest BCUT2D eigenvalue weighted by molar-refractivity contribution is 5.80. The minimum Gasteiger partial charge on any atom is -0.465 e. The monoisotopic (exact) mass is 229 g/mol. The zero-order valence-corrected chi connectivity index (χ0v) is 10.3. The standard InChI is InChI=1S/C12H23NO3/c1-3-16-11(14)12(2,13)9-15-8-10-6-4-5-7-10/h10H,3-9,13H2,1-2H3. The molecule has 1 saturated carbocycles. The van der Waals surface area contributed by atoms with Crippen molar-refractivity contribution in [1.29, 1.82) is 0 Å². The Bertz CT molecular complexity index is 222. The van der Waals surface area contributed by atoms with E-state index in [1.807, 2.05) is 0 Å². The smallest absolute Gasteiger partial charge is 0.328 e. The van der Waals surface area contributed by atoms with E-state index in [1.165, 1.54) is 25.7 Å². The summed E-state index contributed by atoms with van der Waals surface area (Å²) in [5.41, 5.74) is 4.81. The molecule has 0 saturated heterocycles. The van der Waals surface area contributed by atoms with E-state index in [-0.39, 0.29) is 12.6 Å².